The number of hydrogen-bond acceptors (Lipinski definition) is 4. The van der Waals surface area contributed by atoms with E-state index in [1.807, 2.05) is 36.1 Å². The molecule has 0 aliphatic carbocycles. The van der Waals surface area contributed by atoms with Crippen LogP contribution in [-0.2, 0) is 11.3 Å². The Bertz CT molecular complexity index is 633. The van der Waals surface area contributed by atoms with Crippen molar-refractivity contribution in [2.75, 3.05) is 6.54 Å². The molecule has 2 aromatic rings. The highest BCUT2D eigenvalue weighted by Gasteiger charge is 2.29. The van der Waals surface area contributed by atoms with Gasteiger partial charge in [-0.25, -0.2) is 4.98 Å². The topological polar surface area (TPSA) is 72.4 Å². The van der Waals surface area contributed by atoms with Gasteiger partial charge in [-0.15, -0.1) is 0 Å². The van der Waals surface area contributed by atoms with Crippen molar-refractivity contribution in [1.82, 2.24) is 9.88 Å². The summed E-state index contributed by atoms with van der Waals surface area (Å²) in [5, 5.41) is 0. The van der Waals surface area contributed by atoms with Gasteiger partial charge in [0.15, 0.2) is 5.76 Å². The van der Waals surface area contributed by atoms with Crippen LogP contribution >= 0.6 is 0 Å². The van der Waals surface area contributed by atoms with Gasteiger partial charge in [-0.1, -0.05) is 29.8 Å². The Morgan fingerprint density at radius 3 is 2.90 bits per heavy atom. The van der Waals surface area contributed by atoms with E-state index in [0.29, 0.717) is 12.4 Å². The van der Waals surface area contributed by atoms with Gasteiger partial charge >= 0.3 is 0 Å². The van der Waals surface area contributed by atoms with Gasteiger partial charge in [0, 0.05) is 5.56 Å². The summed E-state index contributed by atoms with van der Waals surface area (Å²) in [5.41, 5.74) is 7.64. The van der Waals surface area contributed by atoms with E-state index in [4.69, 9.17) is 10.2 Å². The highest BCUT2D eigenvalue weighted by molar-refractivity contribution is 5.80. The summed E-state index contributed by atoms with van der Waals surface area (Å²) < 4.78 is 5.79. The lowest BCUT2D eigenvalue weighted by Crippen LogP contribution is -2.39. The first kappa shape index (κ1) is 13.8. The number of aromatic nitrogens is 1. The highest BCUT2D eigenvalue weighted by atomic mass is 16.4. The number of benzene rings is 1. The van der Waals surface area contributed by atoms with Crippen molar-refractivity contribution in [3.05, 3.63) is 41.9 Å². The van der Waals surface area contributed by atoms with Gasteiger partial charge in [-0.05, 0) is 26.3 Å². The number of primary amides is 1. The third-order valence-corrected chi connectivity index (χ3v) is 3.92. The van der Waals surface area contributed by atoms with Crippen molar-refractivity contribution in [2.45, 2.75) is 32.4 Å². The molecular weight excluding hydrogens is 266 g/mol. The van der Waals surface area contributed by atoms with E-state index >= 15 is 0 Å². The molecule has 1 saturated heterocycles. The van der Waals surface area contributed by atoms with Crippen LogP contribution in [-0.4, -0.2) is 28.4 Å². The first-order valence-electron chi connectivity index (χ1n) is 7.18. The maximum Gasteiger partial charge on any atom is 0.234 e. The number of carbonyl (C=O) groups excluding carboxylic acids is 1. The molecule has 0 saturated carbocycles. The molecule has 2 heterocycles. The molecule has 0 unspecified atom stereocenters. The van der Waals surface area contributed by atoms with Crippen LogP contribution in [0.5, 0.6) is 0 Å². The van der Waals surface area contributed by atoms with Crippen molar-refractivity contribution in [2.24, 2.45) is 5.73 Å². The largest absolute Gasteiger partial charge is 0.439 e. The monoisotopic (exact) mass is 285 g/mol. The van der Waals surface area contributed by atoms with E-state index in [1.165, 1.54) is 5.56 Å². The molecule has 110 valence electrons. The van der Waals surface area contributed by atoms with Crippen LogP contribution in [0.1, 0.15) is 24.3 Å². The van der Waals surface area contributed by atoms with Crippen LogP contribution in [0, 0.1) is 6.92 Å². The quantitative estimate of drug-likeness (QED) is 0.933. The third-order valence-electron chi connectivity index (χ3n) is 3.92. The second-order valence-corrected chi connectivity index (χ2v) is 5.52. The molecular formula is C16H19N3O2. The van der Waals surface area contributed by atoms with Crippen molar-refractivity contribution < 1.29 is 9.21 Å². The third kappa shape index (κ3) is 2.97. The van der Waals surface area contributed by atoms with Crippen molar-refractivity contribution in [3.63, 3.8) is 0 Å². The van der Waals surface area contributed by atoms with E-state index in [0.717, 1.165) is 30.7 Å². The summed E-state index contributed by atoms with van der Waals surface area (Å²) >= 11 is 0. The zero-order chi connectivity index (χ0) is 14.8. The summed E-state index contributed by atoms with van der Waals surface area (Å²) in [7, 11) is 0. The lowest BCUT2D eigenvalue weighted by Gasteiger charge is -2.19. The Balaban J connectivity index is 1.73. The fourth-order valence-electron chi connectivity index (χ4n) is 2.75. The molecule has 5 heteroatoms. The Morgan fingerprint density at radius 2 is 2.19 bits per heavy atom. The smallest absolute Gasteiger partial charge is 0.234 e. The summed E-state index contributed by atoms with van der Waals surface area (Å²) in [5.74, 6) is 1.11. The number of amides is 1. The molecule has 1 aromatic heterocycles. The fourth-order valence-corrected chi connectivity index (χ4v) is 2.75. The lowest BCUT2D eigenvalue weighted by atomic mass is 10.1. The minimum absolute atomic E-state index is 0.195. The van der Waals surface area contributed by atoms with Crippen LogP contribution in [0.2, 0.25) is 0 Å². The van der Waals surface area contributed by atoms with Crippen LogP contribution < -0.4 is 5.73 Å². The Hall–Kier alpha value is -2.14. The number of likely N-dealkylation sites (tertiary alicyclic amines) is 1. The van der Waals surface area contributed by atoms with Crippen molar-refractivity contribution in [1.29, 1.82) is 0 Å². The molecule has 0 radical (unpaired) electrons. The Kier molecular flexibility index (Phi) is 3.75. The fraction of sp³-hybridized carbons (Fsp3) is 0.375. The molecule has 1 fully saturated rings. The van der Waals surface area contributed by atoms with E-state index in [9.17, 15) is 4.79 Å². The molecule has 5 nitrogen and oxygen atoms in total. The number of aryl methyl sites for hydroxylation is 1. The number of rotatable bonds is 4. The zero-order valence-corrected chi connectivity index (χ0v) is 12.1. The Labute approximate surface area is 123 Å². The first-order chi connectivity index (χ1) is 10.1. The van der Waals surface area contributed by atoms with Crippen LogP contribution in [0.4, 0.5) is 0 Å². The molecule has 3 rings (SSSR count). The molecule has 1 aliphatic heterocycles. The van der Waals surface area contributed by atoms with Crippen molar-refractivity contribution in [3.8, 4) is 11.3 Å². The number of nitrogens with two attached hydrogens (primary N) is 1. The summed E-state index contributed by atoms with van der Waals surface area (Å²) in [6, 6.07) is 7.92. The molecule has 1 aromatic carbocycles. The zero-order valence-electron chi connectivity index (χ0n) is 12.1. The SMILES string of the molecule is Cc1ccc(-c2cnc(CN3CCC[C@@H]3C(N)=O)o2)cc1. The second kappa shape index (κ2) is 5.69. The van der Waals surface area contributed by atoms with Crippen molar-refractivity contribution >= 4 is 5.91 Å². The maximum absolute atomic E-state index is 11.4. The molecule has 21 heavy (non-hydrogen) atoms. The van der Waals surface area contributed by atoms with Crippen LogP contribution in [0.25, 0.3) is 11.3 Å². The number of hydrogen-bond donors (Lipinski definition) is 1. The van der Waals surface area contributed by atoms with E-state index in [-0.39, 0.29) is 11.9 Å². The summed E-state index contributed by atoms with van der Waals surface area (Å²) in [6.07, 6.45) is 3.54. The predicted octanol–water partition coefficient (Wildman–Crippen LogP) is 2.10. The Morgan fingerprint density at radius 1 is 1.43 bits per heavy atom. The molecule has 0 bridgehead atoms. The van der Waals surface area contributed by atoms with Gasteiger partial charge < -0.3 is 10.2 Å². The highest BCUT2D eigenvalue weighted by Crippen LogP contribution is 2.24. The summed E-state index contributed by atoms with van der Waals surface area (Å²) in [4.78, 5) is 17.7. The number of nitrogens with zero attached hydrogens (tertiary/aromatic N) is 2. The number of carbonyl (C=O) groups is 1. The van der Waals surface area contributed by atoms with Crippen LogP contribution in [0.15, 0.2) is 34.9 Å². The van der Waals surface area contributed by atoms with Gasteiger partial charge in [0.25, 0.3) is 0 Å². The minimum Gasteiger partial charge on any atom is -0.439 e. The van der Waals surface area contributed by atoms with Gasteiger partial charge in [-0.2, -0.15) is 0 Å². The lowest BCUT2D eigenvalue weighted by molar-refractivity contribution is -0.122. The number of oxazole rings is 1. The molecule has 1 aliphatic rings. The normalized spacial score (nSPS) is 19.0. The predicted molar refractivity (Wildman–Crippen MR) is 79.3 cm³/mol. The van der Waals surface area contributed by atoms with E-state index < -0.39 is 0 Å². The van der Waals surface area contributed by atoms with E-state index in [1.54, 1.807) is 6.20 Å². The van der Waals surface area contributed by atoms with Gasteiger partial charge in [0.05, 0.1) is 18.8 Å². The van der Waals surface area contributed by atoms with E-state index in [2.05, 4.69) is 4.98 Å². The second-order valence-electron chi connectivity index (χ2n) is 5.52. The molecule has 1 amide bonds. The van der Waals surface area contributed by atoms with Gasteiger partial charge in [0.2, 0.25) is 11.8 Å². The standard InChI is InChI=1S/C16H19N3O2/c1-11-4-6-12(7-5-11)14-9-18-15(21-14)10-19-8-2-3-13(19)16(17)20/h4-7,9,13H,2-3,8,10H2,1H3,(H2,17,20)/t13-/m1/s1. The van der Waals surface area contributed by atoms with Gasteiger partial charge in [-0.3, -0.25) is 9.69 Å². The maximum atomic E-state index is 11.4. The summed E-state index contributed by atoms with van der Waals surface area (Å²) in [6.45, 7) is 3.43. The van der Waals surface area contributed by atoms with Crippen LogP contribution in [0.3, 0.4) is 0 Å². The first-order valence-corrected chi connectivity index (χ1v) is 7.18. The average Bonchev–Trinajstić information content (AvgIpc) is 3.09. The average molecular weight is 285 g/mol. The minimum atomic E-state index is -0.266. The molecule has 1 atom stereocenters. The molecule has 2 N–H and O–H groups in total. The van der Waals surface area contributed by atoms with Gasteiger partial charge in [0.1, 0.15) is 0 Å². The molecule has 0 spiro atoms.